The van der Waals surface area contributed by atoms with Crippen molar-refractivity contribution in [1.82, 2.24) is 10.2 Å². The van der Waals surface area contributed by atoms with Gasteiger partial charge in [0.25, 0.3) is 0 Å². The Labute approximate surface area is 254 Å². The van der Waals surface area contributed by atoms with Crippen LogP contribution >= 0.6 is 11.8 Å². The number of aromatic hydroxyl groups is 2. The Morgan fingerprint density at radius 3 is 2.49 bits per heavy atom. The Kier molecular flexibility index (Phi) is 7.39. The lowest BCUT2D eigenvalue weighted by Crippen LogP contribution is -2.69. The Balaban J connectivity index is 1.69. The largest absolute Gasteiger partial charge is 0.504 e. The highest BCUT2D eigenvalue weighted by Crippen LogP contribution is 2.62. The van der Waals surface area contributed by atoms with E-state index in [4.69, 9.17) is 18.9 Å². The summed E-state index contributed by atoms with van der Waals surface area (Å²) in [5, 5.41) is 37.1. The number of benzene rings is 2. The number of ether oxygens (including phenoxy) is 4. The molecule has 4 heterocycles. The number of cyclic esters (lactones) is 1. The molecule has 4 aliphatic rings. The lowest BCUT2D eigenvalue weighted by molar-refractivity contribution is -0.151. The van der Waals surface area contributed by atoms with Gasteiger partial charge in [0.05, 0.1) is 43.5 Å². The summed E-state index contributed by atoms with van der Waals surface area (Å²) in [4.78, 5) is 27.5. The quantitative estimate of drug-likeness (QED) is 0.345. The fraction of sp³-hybridized carbons (Fsp3) is 0.516. The molecule has 2 fully saturated rings. The van der Waals surface area contributed by atoms with Crippen molar-refractivity contribution in [2.75, 3.05) is 26.6 Å². The summed E-state index contributed by atoms with van der Waals surface area (Å²) in [7, 11) is 2.94. The molecule has 0 unspecified atom stereocenters. The smallest absolute Gasteiger partial charge is 0.309 e. The number of rotatable bonds is 3. The SMILES string of the molecule is COc1c(C)cc2c(c1O)[C@@H]1N[C@@H](C2)[C@H](C#N)N2[C@H]1[C@@H]1SC[C@H](C)C(=O)OC[C@H]2c2c(O)c(OC)c(C)c(OC(C)=O)c21. The van der Waals surface area contributed by atoms with E-state index in [9.17, 15) is 25.1 Å². The zero-order valence-corrected chi connectivity index (χ0v) is 25.7. The molecule has 0 radical (unpaired) electrons. The average molecular weight is 610 g/mol. The second-order valence-electron chi connectivity index (χ2n) is 11.7. The molecule has 6 rings (SSSR count). The van der Waals surface area contributed by atoms with Gasteiger partial charge in [0.15, 0.2) is 23.0 Å². The van der Waals surface area contributed by atoms with Crippen LogP contribution in [0.4, 0.5) is 0 Å². The third-order valence-electron chi connectivity index (χ3n) is 9.17. The van der Waals surface area contributed by atoms with Gasteiger partial charge in [-0.05, 0) is 31.4 Å². The Morgan fingerprint density at radius 2 is 1.84 bits per heavy atom. The molecule has 3 N–H and O–H groups in total. The number of phenolic OH excluding ortho intramolecular Hbond substituents is 2. The molecule has 43 heavy (non-hydrogen) atoms. The molecule has 228 valence electrons. The molecule has 0 amide bonds. The van der Waals surface area contributed by atoms with Crippen LogP contribution in [0.2, 0.25) is 0 Å². The Hall–Kier alpha value is -3.66. The maximum Gasteiger partial charge on any atom is 0.309 e. The molecule has 11 nitrogen and oxygen atoms in total. The number of phenols is 2. The number of carbonyl (C=O) groups is 2. The van der Waals surface area contributed by atoms with Gasteiger partial charge < -0.3 is 34.5 Å². The predicted octanol–water partition coefficient (Wildman–Crippen LogP) is 3.51. The highest BCUT2D eigenvalue weighted by atomic mass is 32.2. The minimum Gasteiger partial charge on any atom is -0.504 e. The number of hydrogen-bond donors (Lipinski definition) is 3. The number of methoxy groups -OCH3 is 2. The number of aryl methyl sites for hydroxylation is 1. The van der Waals surface area contributed by atoms with Gasteiger partial charge in [0, 0.05) is 47.0 Å². The summed E-state index contributed by atoms with van der Waals surface area (Å²) in [5.41, 5.74) is 3.86. The molecule has 7 atom stereocenters. The van der Waals surface area contributed by atoms with Gasteiger partial charge in [-0.25, -0.2) is 0 Å². The fourth-order valence-corrected chi connectivity index (χ4v) is 8.99. The first-order chi connectivity index (χ1) is 20.5. The van der Waals surface area contributed by atoms with E-state index >= 15 is 0 Å². The molecule has 0 saturated carbocycles. The number of carbonyl (C=O) groups excluding carboxylic acids is 2. The molecule has 0 spiro atoms. The van der Waals surface area contributed by atoms with E-state index in [2.05, 4.69) is 11.4 Å². The maximum absolute atomic E-state index is 13.0. The van der Waals surface area contributed by atoms with E-state index in [-0.39, 0.29) is 41.6 Å². The average Bonchev–Trinajstić information content (AvgIpc) is 2.96. The van der Waals surface area contributed by atoms with Crippen molar-refractivity contribution < 1.29 is 38.7 Å². The molecular weight excluding hydrogens is 574 g/mol. The standard InChI is InChI=1S/C31H35N3O8S/c1-12-7-16-8-17-18(9-32)34-19-10-41-31(38)13(2)11-43-30(24(34)23(33-17)20(16)25(36)27(12)39-5)22-21(19)26(37)29(40-6)14(3)28(22)42-15(4)35/h7,13,17-19,23-24,30,33,36-37H,8,10-11H2,1-6H3/t13-,17-,18-,19-,23-,24+,30+/m0/s1. The van der Waals surface area contributed by atoms with E-state index in [1.807, 2.05) is 17.9 Å². The van der Waals surface area contributed by atoms with Crippen LogP contribution in [-0.2, 0) is 20.7 Å². The van der Waals surface area contributed by atoms with Crippen LogP contribution in [0.1, 0.15) is 64.6 Å². The number of nitriles is 1. The first kappa shape index (κ1) is 29.4. The summed E-state index contributed by atoms with van der Waals surface area (Å²) >= 11 is 1.47. The van der Waals surface area contributed by atoms with Gasteiger partial charge in [-0.1, -0.05) is 13.0 Å². The second-order valence-corrected chi connectivity index (χ2v) is 12.8. The van der Waals surface area contributed by atoms with Gasteiger partial charge in [-0.3, -0.25) is 14.5 Å². The van der Waals surface area contributed by atoms with Crippen LogP contribution in [0, 0.1) is 31.1 Å². The van der Waals surface area contributed by atoms with Crippen LogP contribution < -0.4 is 19.5 Å². The van der Waals surface area contributed by atoms with Gasteiger partial charge in [0.2, 0.25) is 0 Å². The van der Waals surface area contributed by atoms with Crippen molar-refractivity contribution in [3.63, 3.8) is 0 Å². The van der Waals surface area contributed by atoms with Crippen LogP contribution in [0.15, 0.2) is 6.07 Å². The third kappa shape index (κ3) is 4.31. The van der Waals surface area contributed by atoms with Gasteiger partial charge >= 0.3 is 11.9 Å². The van der Waals surface area contributed by atoms with E-state index in [1.165, 1.54) is 32.9 Å². The topological polar surface area (TPSA) is 151 Å². The monoisotopic (exact) mass is 609 g/mol. The summed E-state index contributed by atoms with van der Waals surface area (Å²) in [6.07, 6.45) is 0.474. The molecule has 4 aliphatic heterocycles. The van der Waals surface area contributed by atoms with E-state index in [0.717, 1.165) is 11.1 Å². The van der Waals surface area contributed by atoms with Crippen molar-refractivity contribution in [3.05, 3.63) is 39.4 Å². The summed E-state index contributed by atoms with van der Waals surface area (Å²) in [6, 6.07) is 1.78. The first-order valence-electron chi connectivity index (χ1n) is 14.3. The third-order valence-corrected chi connectivity index (χ3v) is 10.7. The van der Waals surface area contributed by atoms with Crippen LogP contribution in [0.3, 0.4) is 0 Å². The van der Waals surface area contributed by atoms with Crippen molar-refractivity contribution >= 4 is 23.7 Å². The highest BCUT2D eigenvalue weighted by molar-refractivity contribution is 7.99. The van der Waals surface area contributed by atoms with Gasteiger partial charge in [-0.15, -0.1) is 0 Å². The molecule has 4 bridgehead atoms. The van der Waals surface area contributed by atoms with Crippen LogP contribution in [-0.4, -0.2) is 71.8 Å². The molecule has 2 aromatic carbocycles. The molecule has 12 heteroatoms. The van der Waals surface area contributed by atoms with Crippen LogP contribution in [0.5, 0.6) is 28.7 Å². The van der Waals surface area contributed by atoms with E-state index < -0.39 is 41.3 Å². The lowest BCUT2D eigenvalue weighted by atomic mass is 9.72. The summed E-state index contributed by atoms with van der Waals surface area (Å²) in [5.74, 6) is -0.283. The number of nitrogens with zero attached hydrogens (tertiary/aromatic N) is 2. The fourth-order valence-electron chi connectivity index (χ4n) is 7.47. The zero-order valence-electron chi connectivity index (χ0n) is 24.9. The number of fused-ring (bicyclic) bond motifs is 7. The summed E-state index contributed by atoms with van der Waals surface area (Å²) < 4.78 is 22.9. The minimum atomic E-state index is -0.775. The normalized spacial score (nSPS) is 29.3. The second kappa shape index (κ2) is 10.8. The van der Waals surface area contributed by atoms with Crippen molar-refractivity contribution in [1.29, 1.82) is 5.26 Å². The predicted molar refractivity (Wildman–Crippen MR) is 157 cm³/mol. The van der Waals surface area contributed by atoms with Crippen LogP contribution in [0.25, 0.3) is 0 Å². The number of thioether (sulfide) groups is 1. The van der Waals surface area contributed by atoms with Gasteiger partial charge in [0.1, 0.15) is 18.4 Å². The minimum absolute atomic E-state index is 0.0377. The Morgan fingerprint density at radius 1 is 1.14 bits per heavy atom. The van der Waals surface area contributed by atoms with Gasteiger partial charge in [-0.2, -0.15) is 17.0 Å². The molecule has 2 aromatic rings. The van der Waals surface area contributed by atoms with E-state index in [1.54, 1.807) is 13.8 Å². The number of piperazine rings is 1. The molecule has 0 aromatic heterocycles. The highest BCUT2D eigenvalue weighted by Gasteiger charge is 2.58. The molecule has 0 aliphatic carbocycles. The maximum atomic E-state index is 13.0. The number of hydrogen-bond acceptors (Lipinski definition) is 12. The van der Waals surface area contributed by atoms with Crippen molar-refractivity contribution in [3.8, 4) is 34.8 Å². The molecular formula is C31H35N3O8S. The van der Waals surface area contributed by atoms with Crippen molar-refractivity contribution in [2.24, 2.45) is 5.92 Å². The first-order valence-corrected chi connectivity index (χ1v) is 15.3. The zero-order chi connectivity index (χ0) is 30.9. The summed E-state index contributed by atoms with van der Waals surface area (Å²) in [6.45, 7) is 6.57. The lowest BCUT2D eigenvalue weighted by Gasteiger charge is -2.59. The Bertz CT molecular complexity index is 1570. The number of nitrogens with one attached hydrogen (secondary N) is 1. The number of esters is 2. The molecule has 2 saturated heterocycles. The van der Waals surface area contributed by atoms with E-state index in [0.29, 0.717) is 40.2 Å². The van der Waals surface area contributed by atoms with Crippen molar-refractivity contribution in [2.45, 2.75) is 69.6 Å².